The predicted octanol–water partition coefficient (Wildman–Crippen LogP) is 3.68. The van der Waals surface area contributed by atoms with E-state index in [0.29, 0.717) is 5.02 Å². The van der Waals surface area contributed by atoms with E-state index in [9.17, 15) is 19.7 Å². The first kappa shape index (κ1) is 19.8. The Bertz CT molecular complexity index is 1180. The lowest BCUT2D eigenvalue weighted by Crippen LogP contribution is -2.29. The van der Waals surface area contributed by atoms with Crippen molar-refractivity contribution in [3.05, 3.63) is 73.8 Å². The molecule has 1 aliphatic rings. The molecule has 2 amide bonds. The molecule has 0 fully saturated rings. The minimum absolute atomic E-state index is 0.0113. The van der Waals surface area contributed by atoms with Gasteiger partial charge in [0.15, 0.2) is 0 Å². The maximum absolute atomic E-state index is 12.5. The van der Waals surface area contributed by atoms with Crippen LogP contribution in [0, 0.1) is 10.1 Å². The van der Waals surface area contributed by atoms with Gasteiger partial charge in [-0.15, -0.1) is 5.10 Å². The fourth-order valence-corrected chi connectivity index (χ4v) is 3.34. The number of nitrogens with one attached hydrogen (secondary N) is 2. The number of carbonyl (C=O) groups is 2. The van der Waals surface area contributed by atoms with Gasteiger partial charge in [0, 0.05) is 16.7 Å². The molecule has 0 radical (unpaired) electrons. The molecule has 0 bridgehead atoms. The molecular weight excluding hydrogens is 435 g/mol. The molecule has 152 valence electrons. The van der Waals surface area contributed by atoms with Crippen LogP contribution in [0.4, 0.5) is 17.6 Å². The Labute approximate surface area is 179 Å². The van der Waals surface area contributed by atoms with Gasteiger partial charge in [-0.3, -0.25) is 30.3 Å². The molecule has 30 heavy (non-hydrogen) atoms. The van der Waals surface area contributed by atoms with Gasteiger partial charge in [-0.2, -0.15) is 4.98 Å². The van der Waals surface area contributed by atoms with E-state index in [2.05, 4.69) is 20.7 Å². The van der Waals surface area contributed by atoms with Gasteiger partial charge in [0.2, 0.25) is 11.9 Å². The van der Waals surface area contributed by atoms with E-state index in [4.69, 9.17) is 23.2 Å². The molecule has 0 unspecified atom stereocenters. The number of nitro groups is 1. The van der Waals surface area contributed by atoms with Crippen molar-refractivity contribution in [2.24, 2.45) is 0 Å². The average Bonchev–Trinajstić information content (AvgIpc) is 3.10. The highest BCUT2D eigenvalue weighted by atomic mass is 35.5. The molecule has 0 aliphatic carbocycles. The first-order chi connectivity index (χ1) is 14.3. The Morgan fingerprint density at radius 2 is 1.97 bits per heavy atom. The second kappa shape index (κ2) is 7.73. The summed E-state index contributed by atoms with van der Waals surface area (Å²) in [6.45, 7) is 0. The summed E-state index contributed by atoms with van der Waals surface area (Å²) in [5, 5.41) is 20.8. The summed E-state index contributed by atoms with van der Waals surface area (Å²) >= 11 is 11.7. The van der Waals surface area contributed by atoms with Crippen LogP contribution in [0.1, 0.15) is 28.4 Å². The van der Waals surface area contributed by atoms with Gasteiger partial charge in [-0.05, 0) is 29.8 Å². The van der Waals surface area contributed by atoms with Crippen molar-refractivity contribution in [2.45, 2.75) is 12.5 Å². The zero-order valence-corrected chi connectivity index (χ0v) is 16.5. The van der Waals surface area contributed by atoms with E-state index in [0.717, 1.165) is 11.6 Å². The lowest BCUT2D eigenvalue weighted by Gasteiger charge is -2.23. The smallest absolute Gasteiger partial charge is 0.288 e. The molecule has 4 rings (SSSR count). The molecule has 1 atom stereocenters. The minimum Gasteiger partial charge on any atom is -0.295 e. The highest BCUT2D eigenvalue weighted by Crippen LogP contribution is 2.31. The largest absolute Gasteiger partial charge is 0.295 e. The number of hydrogen-bond donors (Lipinski definition) is 2. The molecule has 0 spiro atoms. The fourth-order valence-electron chi connectivity index (χ4n) is 3.03. The Kier molecular flexibility index (Phi) is 5.10. The van der Waals surface area contributed by atoms with Crippen LogP contribution in [-0.4, -0.2) is 31.5 Å². The van der Waals surface area contributed by atoms with Gasteiger partial charge in [-0.25, -0.2) is 4.68 Å². The quantitative estimate of drug-likeness (QED) is 0.463. The standard InChI is InChI=1S/C18H12Cl2N6O4/c19-11-4-1-9(2-5-11)13-8-15(27)21-18-23-17(24-25(13)18)22-16(28)10-3-6-12(20)14(7-10)26(29)30/h1-7,13H,8H2,(H2,21,22,23,24,27,28)/t13-/m0/s1. The maximum atomic E-state index is 12.5. The molecule has 12 heteroatoms. The summed E-state index contributed by atoms with van der Waals surface area (Å²) in [5.74, 6) is -0.800. The van der Waals surface area contributed by atoms with E-state index in [1.165, 1.54) is 16.8 Å². The normalized spacial score (nSPS) is 15.3. The van der Waals surface area contributed by atoms with Crippen LogP contribution in [0.25, 0.3) is 0 Å². The Morgan fingerprint density at radius 3 is 2.67 bits per heavy atom. The third-order valence-corrected chi connectivity index (χ3v) is 5.01. The molecule has 1 aromatic heterocycles. The van der Waals surface area contributed by atoms with Crippen LogP contribution in [0.5, 0.6) is 0 Å². The van der Waals surface area contributed by atoms with Crippen LogP contribution in [0.15, 0.2) is 42.5 Å². The van der Waals surface area contributed by atoms with Crippen molar-refractivity contribution in [2.75, 3.05) is 10.6 Å². The summed E-state index contributed by atoms with van der Waals surface area (Å²) in [4.78, 5) is 39.1. The summed E-state index contributed by atoms with van der Waals surface area (Å²) in [6.07, 6.45) is 0.134. The zero-order chi connectivity index (χ0) is 21.4. The van der Waals surface area contributed by atoms with Crippen LogP contribution in [-0.2, 0) is 4.79 Å². The van der Waals surface area contributed by atoms with E-state index in [1.807, 2.05) is 0 Å². The minimum atomic E-state index is -0.682. The number of nitro benzene ring substituents is 1. The van der Waals surface area contributed by atoms with Crippen LogP contribution in [0.3, 0.4) is 0 Å². The van der Waals surface area contributed by atoms with E-state index < -0.39 is 22.6 Å². The first-order valence-corrected chi connectivity index (χ1v) is 9.34. The van der Waals surface area contributed by atoms with Crippen molar-refractivity contribution < 1.29 is 14.5 Å². The number of carbonyl (C=O) groups excluding carboxylic acids is 2. The van der Waals surface area contributed by atoms with Gasteiger partial charge in [0.25, 0.3) is 17.5 Å². The van der Waals surface area contributed by atoms with Gasteiger partial charge in [-0.1, -0.05) is 35.3 Å². The summed E-state index contributed by atoms with van der Waals surface area (Å²) in [6, 6.07) is 10.2. The molecular formula is C18H12Cl2N6O4. The number of hydrogen-bond acceptors (Lipinski definition) is 6. The molecule has 3 aromatic rings. The second-order valence-corrected chi connectivity index (χ2v) is 7.24. The first-order valence-electron chi connectivity index (χ1n) is 8.59. The third-order valence-electron chi connectivity index (χ3n) is 4.44. The van der Waals surface area contributed by atoms with Crippen LogP contribution < -0.4 is 10.6 Å². The Hall–Kier alpha value is -3.50. The molecule has 2 aromatic carbocycles. The summed E-state index contributed by atoms with van der Waals surface area (Å²) in [7, 11) is 0. The van der Waals surface area contributed by atoms with Gasteiger partial charge in [0.1, 0.15) is 5.02 Å². The number of anilines is 2. The van der Waals surface area contributed by atoms with Crippen LogP contribution in [0.2, 0.25) is 10.0 Å². The Balaban J connectivity index is 1.62. The average molecular weight is 447 g/mol. The predicted molar refractivity (Wildman–Crippen MR) is 109 cm³/mol. The third kappa shape index (κ3) is 3.82. The molecule has 2 N–H and O–H groups in total. The lowest BCUT2D eigenvalue weighted by molar-refractivity contribution is -0.384. The zero-order valence-electron chi connectivity index (χ0n) is 15.0. The number of nitrogens with zero attached hydrogens (tertiary/aromatic N) is 4. The van der Waals surface area contributed by atoms with Crippen molar-refractivity contribution in [1.82, 2.24) is 14.8 Å². The number of benzene rings is 2. The lowest BCUT2D eigenvalue weighted by atomic mass is 10.0. The van der Waals surface area contributed by atoms with Crippen molar-refractivity contribution in [1.29, 1.82) is 0 Å². The van der Waals surface area contributed by atoms with Crippen molar-refractivity contribution in [3.63, 3.8) is 0 Å². The molecule has 0 saturated carbocycles. The van der Waals surface area contributed by atoms with E-state index in [-0.39, 0.29) is 34.8 Å². The van der Waals surface area contributed by atoms with Crippen molar-refractivity contribution in [3.8, 4) is 0 Å². The molecule has 2 heterocycles. The highest BCUT2D eigenvalue weighted by molar-refractivity contribution is 6.32. The SMILES string of the molecule is O=C1C[C@@H](c2ccc(Cl)cc2)n2nc(NC(=O)c3ccc(Cl)c([N+](=O)[O-])c3)nc2N1. The molecule has 0 saturated heterocycles. The summed E-state index contributed by atoms with van der Waals surface area (Å²) in [5.41, 5.74) is 0.417. The fraction of sp³-hybridized carbons (Fsp3) is 0.111. The van der Waals surface area contributed by atoms with Crippen LogP contribution >= 0.6 is 23.2 Å². The number of halogens is 2. The maximum Gasteiger partial charge on any atom is 0.288 e. The van der Waals surface area contributed by atoms with Gasteiger partial charge in [0.05, 0.1) is 17.4 Å². The molecule has 1 aliphatic heterocycles. The van der Waals surface area contributed by atoms with E-state index in [1.54, 1.807) is 24.3 Å². The number of rotatable bonds is 4. The van der Waals surface area contributed by atoms with E-state index >= 15 is 0 Å². The topological polar surface area (TPSA) is 132 Å². The second-order valence-electron chi connectivity index (χ2n) is 6.40. The number of fused-ring (bicyclic) bond motifs is 1. The monoisotopic (exact) mass is 446 g/mol. The number of amides is 2. The number of aromatic nitrogens is 3. The van der Waals surface area contributed by atoms with Gasteiger partial charge < -0.3 is 0 Å². The summed E-state index contributed by atoms with van der Waals surface area (Å²) < 4.78 is 1.49. The van der Waals surface area contributed by atoms with Gasteiger partial charge >= 0.3 is 0 Å². The highest BCUT2D eigenvalue weighted by Gasteiger charge is 2.29. The van der Waals surface area contributed by atoms with Crippen molar-refractivity contribution >= 4 is 52.6 Å². The Morgan fingerprint density at radius 1 is 1.23 bits per heavy atom. The molecule has 10 nitrogen and oxygen atoms in total.